The van der Waals surface area contributed by atoms with Gasteiger partial charge in [0, 0.05) is 31.1 Å². The molecule has 0 radical (unpaired) electrons. The van der Waals surface area contributed by atoms with Crippen molar-refractivity contribution in [3.63, 3.8) is 0 Å². The first-order valence-corrected chi connectivity index (χ1v) is 11.0. The average molecular weight is 385 g/mol. The molecule has 0 atom stereocenters. The Morgan fingerprint density at radius 2 is 1.89 bits per heavy atom. The summed E-state index contributed by atoms with van der Waals surface area (Å²) in [5.41, 5.74) is 1.21. The van der Waals surface area contributed by atoms with Gasteiger partial charge in [-0.1, -0.05) is 24.6 Å². The van der Waals surface area contributed by atoms with Gasteiger partial charge in [0.2, 0.25) is 5.91 Å². The summed E-state index contributed by atoms with van der Waals surface area (Å²) in [6.45, 7) is 7.00. The molecule has 2 aliphatic heterocycles. The standard InChI is InChI=1S/C23H32N2O3/c1-2-25(17-16-24-14-6-3-7-15-24)21(26)18-10-12-23(13-11-18)20-9-5-4-8-19(20)22(27)28-23/h4-5,8-9,18H,2-3,6-7,10-17H2,1H3. The van der Waals surface area contributed by atoms with Crippen molar-refractivity contribution in [2.45, 2.75) is 57.5 Å². The Labute approximate surface area is 168 Å². The molecule has 2 fully saturated rings. The molecule has 1 saturated heterocycles. The van der Waals surface area contributed by atoms with Gasteiger partial charge in [0.15, 0.2) is 0 Å². The molecule has 4 rings (SSSR count). The third kappa shape index (κ3) is 3.69. The summed E-state index contributed by atoms with van der Waals surface area (Å²) in [6.07, 6.45) is 6.98. The van der Waals surface area contributed by atoms with Crippen molar-refractivity contribution in [1.29, 1.82) is 0 Å². The van der Waals surface area contributed by atoms with Crippen LogP contribution in [0.2, 0.25) is 0 Å². The summed E-state index contributed by atoms with van der Waals surface area (Å²) in [7, 11) is 0. The van der Waals surface area contributed by atoms with Gasteiger partial charge in [-0.05, 0) is 64.6 Å². The Bertz CT molecular complexity index is 718. The van der Waals surface area contributed by atoms with E-state index in [0.717, 1.165) is 50.9 Å². The van der Waals surface area contributed by atoms with Crippen molar-refractivity contribution in [2.24, 2.45) is 5.92 Å². The highest BCUT2D eigenvalue weighted by molar-refractivity contribution is 5.94. The molecule has 1 aliphatic carbocycles. The van der Waals surface area contributed by atoms with Crippen LogP contribution in [0.4, 0.5) is 0 Å². The first-order chi connectivity index (χ1) is 13.6. The molecule has 0 bridgehead atoms. The maximum atomic E-state index is 13.1. The number of likely N-dealkylation sites (tertiary alicyclic amines) is 1. The van der Waals surface area contributed by atoms with Gasteiger partial charge >= 0.3 is 5.97 Å². The molecular weight excluding hydrogens is 352 g/mol. The van der Waals surface area contributed by atoms with Crippen molar-refractivity contribution < 1.29 is 14.3 Å². The van der Waals surface area contributed by atoms with Crippen molar-refractivity contribution in [3.8, 4) is 0 Å². The number of carbonyl (C=O) groups is 2. The Morgan fingerprint density at radius 1 is 1.18 bits per heavy atom. The highest BCUT2D eigenvalue weighted by atomic mass is 16.6. The van der Waals surface area contributed by atoms with E-state index in [-0.39, 0.29) is 17.8 Å². The molecule has 1 saturated carbocycles. The van der Waals surface area contributed by atoms with E-state index < -0.39 is 5.60 Å². The quantitative estimate of drug-likeness (QED) is 0.728. The Morgan fingerprint density at radius 3 is 2.61 bits per heavy atom. The van der Waals surface area contributed by atoms with Gasteiger partial charge in [-0.3, -0.25) is 4.79 Å². The van der Waals surface area contributed by atoms with Crippen LogP contribution in [0.25, 0.3) is 0 Å². The fraction of sp³-hybridized carbons (Fsp3) is 0.652. The minimum Gasteiger partial charge on any atom is -0.451 e. The van der Waals surface area contributed by atoms with Crippen LogP contribution in [0.3, 0.4) is 0 Å². The van der Waals surface area contributed by atoms with Gasteiger partial charge in [0.25, 0.3) is 0 Å². The molecule has 1 amide bonds. The molecule has 5 heteroatoms. The molecule has 3 aliphatic rings. The monoisotopic (exact) mass is 384 g/mol. The highest BCUT2D eigenvalue weighted by Crippen LogP contribution is 2.48. The number of amides is 1. The van der Waals surface area contributed by atoms with Crippen LogP contribution in [0.5, 0.6) is 0 Å². The van der Waals surface area contributed by atoms with Gasteiger partial charge < -0.3 is 14.5 Å². The van der Waals surface area contributed by atoms with Gasteiger partial charge in [0.05, 0.1) is 5.56 Å². The number of carbonyl (C=O) groups excluding carboxylic acids is 2. The number of hydrogen-bond acceptors (Lipinski definition) is 4. The molecule has 152 valence electrons. The van der Waals surface area contributed by atoms with Crippen LogP contribution in [0, 0.1) is 5.92 Å². The first-order valence-electron chi connectivity index (χ1n) is 11.0. The zero-order valence-electron chi connectivity index (χ0n) is 17.0. The van der Waals surface area contributed by atoms with E-state index in [9.17, 15) is 9.59 Å². The number of likely N-dealkylation sites (N-methyl/N-ethyl adjacent to an activating group) is 1. The summed E-state index contributed by atoms with van der Waals surface area (Å²) >= 11 is 0. The fourth-order valence-corrected chi connectivity index (χ4v) is 5.18. The number of hydrogen-bond donors (Lipinski definition) is 0. The molecule has 1 aromatic rings. The van der Waals surface area contributed by atoms with Crippen LogP contribution in [0.1, 0.15) is 67.8 Å². The molecule has 1 aromatic carbocycles. The zero-order valence-corrected chi connectivity index (χ0v) is 17.0. The summed E-state index contributed by atoms with van der Waals surface area (Å²) in [6, 6.07) is 7.72. The molecular formula is C23H32N2O3. The molecule has 0 aromatic heterocycles. The number of nitrogens with zero attached hydrogens (tertiary/aromatic N) is 2. The smallest absolute Gasteiger partial charge is 0.339 e. The van der Waals surface area contributed by atoms with E-state index in [1.54, 1.807) is 0 Å². The van der Waals surface area contributed by atoms with Crippen LogP contribution >= 0.6 is 0 Å². The second-order valence-corrected chi connectivity index (χ2v) is 8.52. The topological polar surface area (TPSA) is 49.9 Å². The summed E-state index contributed by atoms with van der Waals surface area (Å²) < 4.78 is 5.83. The average Bonchev–Trinajstić information content (AvgIpc) is 3.01. The van der Waals surface area contributed by atoms with Crippen LogP contribution in [0.15, 0.2) is 24.3 Å². The fourth-order valence-electron chi connectivity index (χ4n) is 5.18. The van der Waals surface area contributed by atoms with E-state index in [1.807, 2.05) is 29.2 Å². The van der Waals surface area contributed by atoms with E-state index in [1.165, 1.54) is 32.4 Å². The molecule has 0 N–H and O–H groups in total. The third-order valence-corrected chi connectivity index (χ3v) is 6.90. The van der Waals surface area contributed by atoms with Crippen LogP contribution in [-0.2, 0) is 15.1 Å². The van der Waals surface area contributed by atoms with Gasteiger partial charge in [-0.15, -0.1) is 0 Å². The van der Waals surface area contributed by atoms with E-state index >= 15 is 0 Å². The van der Waals surface area contributed by atoms with E-state index in [2.05, 4.69) is 11.8 Å². The Kier molecular flexibility index (Phi) is 5.72. The molecule has 5 nitrogen and oxygen atoms in total. The minimum atomic E-state index is -0.505. The maximum Gasteiger partial charge on any atom is 0.339 e. The highest BCUT2D eigenvalue weighted by Gasteiger charge is 2.48. The van der Waals surface area contributed by atoms with E-state index in [0.29, 0.717) is 5.56 Å². The van der Waals surface area contributed by atoms with E-state index in [4.69, 9.17) is 4.74 Å². The lowest BCUT2D eigenvalue weighted by atomic mass is 9.74. The van der Waals surface area contributed by atoms with Crippen molar-refractivity contribution in [2.75, 3.05) is 32.7 Å². The minimum absolute atomic E-state index is 0.0541. The second kappa shape index (κ2) is 8.24. The summed E-state index contributed by atoms with van der Waals surface area (Å²) in [4.78, 5) is 29.9. The third-order valence-electron chi connectivity index (χ3n) is 6.90. The largest absolute Gasteiger partial charge is 0.451 e. The Balaban J connectivity index is 1.35. The van der Waals surface area contributed by atoms with Gasteiger partial charge in [-0.25, -0.2) is 4.79 Å². The van der Waals surface area contributed by atoms with Gasteiger partial charge in [0.1, 0.15) is 5.60 Å². The maximum absolute atomic E-state index is 13.1. The number of ether oxygens (including phenoxy) is 1. The molecule has 0 unspecified atom stereocenters. The zero-order chi connectivity index (χ0) is 19.6. The van der Waals surface area contributed by atoms with Crippen LogP contribution < -0.4 is 0 Å². The molecule has 28 heavy (non-hydrogen) atoms. The number of rotatable bonds is 5. The molecule has 1 spiro atoms. The first kappa shape index (κ1) is 19.4. The number of esters is 1. The lowest BCUT2D eigenvalue weighted by Crippen LogP contribution is -2.44. The Hall–Kier alpha value is -1.88. The SMILES string of the molecule is CCN(CCN1CCCCC1)C(=O)C1CCC2(CC1)OC(=O)c1ccccc12. The molecule has 2 heterocycles. The summed E-state index contributed by atoms with van der Waals surface area (Å²) in [5.74, 6) is 0.127. The van der Waals surface area contributed by atoms with Crippen LogP contribution in [-0.4, -0.2) is 54.4 Å². The normalized spacial score (nSPS) is 27.5. The van der Waals surface area contributed by atoms with Crippen molar-refractivity contribution in [1.82, 2.24) is 9.80 Å². The lowest BCUT2D eigenvalue weighted by molar-refractivity contribution is -0.138. The number of piperidine rings is 1. The number of fused-ring (bicyclic) bond motifs is 2. The van der Waals surface area contributed by atoms with Crippen molar-refractivity contribution >= 4 is 11.9 Å². The lowest BCUT2D eigenvalue weighted by Gasteiger charge is -2.38. The number of benzene rings is 1. The van der Waals surface area contributed by atoms with Gasteiger partial charge in [-0.2, -0.15) is 0 Å². The van der Waals surface area contributed by atoms with Crippen molar-refractivity contribution in [3.05, 3.63) is 35.4 Å². The summed E-state index contributed by atoms with van der Waals surface area (Å²) in [5, 5.41) is 0. The predicted octanol–water partition coefficient (Wildman–Crippen LogP) is 3.58. The second-order valence-electron chi connectivity index (χ2n) is 8.52. The predicted molar refractivity (Wildman–Crippen MR) is 108 cm³/mol.